The fourth-order valence-corrected chi connectivity index (χ4v) is 6.19. The first-order chi connectivity index (χ1) is 19.0. The van der Waals surface area contributed by atoms with Crippen LogP contribution in [-0.4, -0.2) is 43.8 Å². The molecule has 0 unspecified atom stereocenters. The highest BCUT2D eigenvalue weighted by atomic mass is 35.5. The molecule has 0 spiro atoms. The minimum absolute atomic E-state index is 0.0594. The predicted octanol–water partition coefficient (Wildman–Crippen LogP) is 5.87. The van der Waals surface area contributed by atoms with Crippen molar-refractivity contribution in [3.8, 4) is 0 Å². The Morgan fingerprint density at radius 3 is 2.15 bits per heavy atom. The van der Waals surface area contributed by atoms with Crippen LogP contribution in [0.25, 0.3) is 0 Å². The first-order valence-corrected chi connectivity index (χ1v) is 15.3. The number of sulfonamides is 1. The van der Waals surface area contributed by atoms with Crippen molar-refractivity contribution in [2.45, 2.75) is 71.0 Å². The van der Waals surface area contributed by atoms with E-state index in [0.717, 1.165) is 21.9 Å². The van der Waals surface area contributed by atoms with Gasteiger partial charge in [-0.25, -0.2) is 8.42 Å². The molecule has 0 heterocycles. The monoisotopic (exact) mass is 583 g/mol. The normalized spacial score (nSPS) is 12.8. The summed E-state index contributed by atoms with van der Waals surface area (Å²) >= 11 is 6.18. The number of anilines is 1. The Bertz CT molecular complexity index is 1430. The number of nitrogens with one attached hydrogen (secondary N) is 1. The lowest BCUT2D eigenvalue weighted by molar-refractivity contribution is -0.140. The Morgan fingerprint density at radius 1 is 0.900 bits per heavy atom. The maximum atomic E-state index is 14.2. The molecule has 2 amide bonds. The number of rotatable bonds is 12. The molecular formula is C31H38ClN3O4S. The fraction of sp³-hybridized carbons (Fsp3) is 0.355. The number of carbonyl (C=O) groups is 2. The molecule has 3 aromatic carbocycles. The highest BCUT2D eigenvalue weighted by Crippen LogP contribution is 2.29. The molecular weight excluding hydrogens is 546 g/mol. The van der Waals surface area contributed by atoms with Gasteiger partial charge in [-0.3, -0.25) is 13.9 Å². The third-order valence-electron chi connectivity index (χ3n) is 7.03. The molecule has 40 heavy (non-hydrogen) atoms. The number of amides is 2. The summed E-state index contributed by atoms with van der Waals surface area (Å²) in [7, 11) is -4.13. The molecule has 0 bridgehead atoms. The highest BCUT2D eigenvalue weighted by molar-refractivity contribution is 7.92. The SMILES string of the molecule is CC[C@H](C(=O)N[C@@H](C)CC)N(Cc1ccccc1C)C(=O)CN(c1ccc(Cl)cc1C)S(=O)(=O)c1ccccc1. The summed E-state index contributed by atoms with van der Waals surface area (Å²) < 4.78 is 29.0. The molecule has 0 radical (unpaired) electrons. The Balaban J connectivity index is 2.09. The first-order valence-electron chi connectivity index (χ1n) is 13.5. The zero-order chi connectivity index (χ0) is 29.4. The van der Waals surface area contributed by atoms with Crippen molar-refractivity contribution < 1.29 is 18.0 Å². The third-order valence-corrected chi connectivity index (χ3v) is 9.04. The van der Waals surface area contributed by atoms with Crippen LogP contribution < -0.4 is 9.62 Å². The molecule has 0 aliphatic heterocycles. The lowest BCUT2D eigenvalue weighted by atomic mass is 10.1. The van der Waals surface area contributed by atoms with Gasteiger partial charge in [0, 0.05) is 17.6 Å². The molecule has 0 fully saturated rings. The largest absolute Gasteiger partial charge is 0.352 e. The van der Waals surface area contributed by atoms with Crippen molar-refractivity contribution in [3.05, 3.63) is 94.5 Å². The molecule has 3 rings (SSSR count). The van der Waals surface area contributed by atoms with Gasteiger partial charge >= 0.3 is 0 Å². The van der Waals surface area contributed by atoms with Crippen molar-refractivity contribution >= 4 is 39.1 Å². The van der Waals surface area contributed by atoms with Crippen LogP contribution in [0.4, 0.5) is 5.69 Å². The maximum Gasteiger partial charge on any atom is 0.264 e. The number of hydrogen-bond acceptors (Lipinski definition) is 4. The number of halogens is 1. The second-order valence-corrected chi connectivity index (χ2v) is 12.2. The summed E-state index contributed by atoms with van der Waals surface area (Å²) in [6, 6.07) is 19.7. The standard InChI is InChI=1S/C31H38ClN3O4S/c1-6-24(5)33-31(37)28(7-2)34(20-25-14-12-11-13-22(25)3)30(36)21-35(29-18-17-26(32)19-23(29)4)40(38,39)27-15-9-8-10-16-27/h8-19,24,28H,6-7,20-21H2,1-5H3,(H,33,37)/t24-,28+/m0/s1. The second-order valence-electron chi connectivity index (χ2n) is 9.95. The molecule has 2 atom stereocenters. The topological polar surface area (TPSA) is 86.8 Å². The van der Waals surface area contributed by atoms with Crippen LogP contribution in [0.5, 0.6) is 0 Å². The van der Waals surface area contributed by atoms with E-state index < -0.39 is 28.5 Å². The summed E-state index contributed by atoms with van der Waals surface area (Å²) in [5.41, 5.74) is 2.80. The van der Waals surface area contributed by atoms with Crippen molar-refractivity contribution in [3.63, 3.8) is 0 Å². The third kappa shape index (κ3) is 7.43. The average molecular weight is 584 g/mol. The second kappa shape index (κ2) is 13.8. The molecule has 0 aromatic heterocycles. The number of carbonyl (C=O) groups excluding carboxylic acids is 2. The van der Waals surface area contributed by atoms with Crippen LogP contribution in [0.3, 0.4) is 0 Å². The minimum atomic E-state index is -4.13. The quantitative estimate of drug-likeness (QED) is 0.289. The van der Waals surface area contributed by atoms with E-state index in [1.165, 1.54) is 17.0 Å². The van der Waals surface area contributed by atoms with E-state index in [-0.39, 0.29) is 23.4 Å². The summed E-state index contributed by atoms with van der Waals surface area (Å²) in [5.74, 6) is -0.748. The Morgan fingerprint density at radius 2 is 1.55 bits per heavy atom. The average Bonchev–Trinajstić information content (AvgIpc) is 2.93. The summed E-state index contributed by atoms with van der Waals surface area (Å²) in [6.45, 7) is 9.11. The first kappa shape index (κ1) is 31.2. The van der Waals surface area contributed by atoms with Crippen molar-refractivity contribution in [1.29, 1.82) is 0 Å². The molecule has 7 nitrogen and oxygen atoms in total. The van der Waals surface area contributed by atoms with Gasteiger partial charge in [-0.1, -0.05) is 67.9 Å². The number of aryl methyl sites for hydroxylation is 2. The Kier molecular flexibility index (Phi) is 10.8. The zero-order valence-electron chi connectivity index (χ0n) is 23.7. The molecule has 0 saturated carbocycles. The van der Waals surface area contributed by atoms with Gasteiger partial charge in [0.15, 0.2) is 0 Å². The van der Waals surface area contributed by atoms with E-state index in [1.807, 2.05) is 52.0 Å². The maximum absolute atomic E-state index is 14.2. The van der Waals surface area contributed by atoms with Crippen molar-refractivity contribution in [2.24, 2.45) is 0 Å². The Hall–Kier alpha value is -3.36. The van der Waals surface area contributed by atoms with E-state index in [0.29, 0.717) is 22.7 Å². The van der Waals surface area contributed by atoms with Crippen molar-refractivity contribution in [1.82, 2.24) is 10.2 Å². The molecule has 9 heteroatoms. The van der Waals surface area contributed by atoms with Crippen LogP contribution in [0.2, 0.25) is 5.02 Å². The lowest BCUT2D eigenvalue weighted by Gasteiger charge is -2.34. The summed E-state index contributed by atoms with van der Waals surface area (Å²) in [6.07, 6.45) is 1.11. The van der Waals surface area contributed by atoms with Crippen LogP contribution in [0.1, 0.15) is 50.3 Å². The van der Waals surface area contributed by atoms with E-state index in [1.54, 1.807) is 43.3 Å². The number of benzene rings is 3. The molecule has 1 N–H and O–H groups in total. The van der Waals surface area contributed by atoms with Gasteiger partial charge in [0.2, 0.25) is 11.8 Å². The van der Waals surface area contributed by atoms with Gasteiger partial charge in [0.05, 0.1) is 10.6 Å². The van der Waals surface area contributed by atoms with Gasteiger partial charge in [-0.05, 0) is 80.6 Å². The molecule has 3 aromatic rings. The van der Waals surface area contributed by atoms with Crippen LogP contribution >= 0.6 is 11.6 Å². The highest BCUT2D eigenvalue weighted by Gasteiger charge is 2.34. The summed E-state index contributed by atoms with van der Waals surface area (Å²) in [5, 5.41) is 3.45. The summed E-state index contributed by atoms with van der Waals surface area (Å²) in [4.78, 5) is 29.1. The zero-order valence-corrected chi connectivity index (χ0v) is 25.3. The van der Waals surface area contributed by atoms with Gasteiger partial charge in [-0.15, -0.1) is 0 Å². The van der Waals surface area contributed by atoms with Crippen molar-refractivity contribution in [2.75, 3.05) is 10.8 Å². The number of hydrogen-bond donors (Lipinski definition) is 1. The molecule has 0 aliphatic carbocycles. The van der Waals surface area contributed by atoms with Gasteiger partial charge in [-0.2, -0.15) is 0 Å². The van der Waals surface area contributed by atoms with E-state index in [2.05, 4.69) is 5.32 Å². The van der Waals surface area contributed by atoms with E-state index >= 15 is 0 Å². The molecule has 0 aliphatic rings. The fourth-order valence-electron chi connectivity index (χ4n) is 4.46. The number of nitrogens with zero attached hydrogens (tertiary/aromatic N) is 2. The van der Waals surface area contributed by atoms with Gasteiger partial charge < -0.3 is 10.2 Å². The van der Waals surface area contributed by atoms with Crippen LogP contribution in [-0.2, 0) is 26.2 Å². The lowest BCUT2D eigenvalue weighted by Crippen LogP contribution is -2.53. The smallest absolute Gasteiger partial charge is 0.264 e. The van der Waals surface area contributed by atoms with Gasteiger partial charge in [0.1, 0.15) is 12.6 Å². The Labute approximate surface area is 243 Å². The van der Waals surface area contributed by atoms with Gasteiger partial charge in [0.25, 0.3) is 10.0 Å². The van der Waals surface area contributed by atoms with E-state index in [9.17, 15) is 18.0 Å². The van der Waals surface area contributed by atoms with Crippen LogP contribution in [0.15, 0.2) is 77.7 Å². The molecule has 214 valence electrons. The predicted molar refractivity (Wildman–Crippen MR) is 161 cm³/mol. The molecule has 0 saturated heterocycles. The minimum Gasteiger partial charge on any atom is -0.352 e. The van der Waals surface area contributed by atoms with E-state index in [4.69, 9.17) is 11.6 Å². The van der Waals surface area contributed by atoms with Crippen LogP contribution in [0, 0.1) is 13.8 Å².